The normalized spacial score (nSPS) is 10.6. The molecule has 39 heavy (non-hydrogen) atoms. The number of Topliss-reactive ketones (excluding diaryl/α,β-unsaturated/α-hetero) is 1. The number of hydrogen-bond acceptors (Lipinski definition) is 4. The van der Waals surface area contributed by atoms with Gasteiger partial charge in [-0.25, -0.2) is 0 Å². The van der Waals surface area contributed by atoms with Crippen molar-refractivity contribution in [1.82, 2.24) is 4.90 Å². The van der Waals surface area contributed by atoms with Crippen molar-refractivity contribution in [2.45, 2.75) is 94.9 Å². The Labute approximate surface area is 240 Å². The highest BCUT2D eigenvalue weighted by molar-refractivity contribution is 6.18. The van der Waals surface area contributed by atoms with E-state index in [-0.39, 0.29) is 5.78 Å². The van der Waals surface area contributed by atoms with Crippen LogP contribution in [-0.4, -0.2) is 44.6 Å². The van der Waals surface area contributed by atoms with Crippen LogP contribution in [0.1, 0.15) is 105 Å². The number of fused-ring (bicyclic) bond motifs is 1. The molecule has 0 saturated heterocycles. The molecule has 0 fully saturated rings. The van der Waals surface area contributed by atoms with E-state index < -0.39 is 0 Å². The van der Waals surface area contributed by atoms with Crippen LogP contribution in [0.5, 0.6) is 0 Å². The maximum Gasteiger partial charge on any atom is 0.196 e. The SMILES string of the molecule is C=C(OCCN(C)CC)/C(C)=C\C(=C/CC)C(=O)c1c(CCCC)oc2ccccc12.CC.CC.CC.CF. The summed E-state index contributed by atoms with van der Waals surface area (Å²) in [6, 6.07) is 7.78. The molecule has 224 valence electrons. The molecule has 0 bridgehead atoms. The van der Waals surface area contributed by atoms with Crippen molar-refractivity contribution in [2.24, 2.45) is 0 Å². The topological polar surface area (TPSA) is 42.7 Å². The zero-order valence-corrected chi connectivity index (χ0v) is 27.2. The Balaban J connectivity index is -0.00000148. The van der Waals surface area contributed by atoms with Gasteiger partial charge in [-0.15, -0.1) is 0 Å². The molecule has 0 spiro atoms. The van der Waals surface area contributed by atoms with E-state index in [4.69, 9.17) is 9.15 Å². The van der Waals surface area contributed by atoms with Crippen molar-refractivity contribution < 1.29 is 18.3 Å². The van der Waals surface area contributed by atoms with Gasteiger partial charge in [0.05, 0.1) is 12.7 Å². The lowest BCUT2D eigenvalue weighted by molar-refractivity contribution is 0.103. The number of allylic oxidation sites excluding steroid dienone is 4. The molecule has 0 radical (unpaired) electrons. The number of benzene rings is 1. The smallest absolute Gasteiger partial charge is 0.196 e. The van der Waals surface area contributed by atoms with Crippen LogP contribution in [0.3, 0.4) is 0 Å². The molecule has 0 aliphatic heterocycles. The number of carbonyl (C=O) groups excluding carboxylic acids is 1. The molecule has 0 aliphatic rings. The highest BCUT2D eigenvalue weighted by atomic mass is 19.1. The molecule has 1 aromatic carbocycles. The molecule has 0 amide bonds. The van der Waals surface area contributed by atoms with Crippen LogP contribution in [0.15, 0.2) is 64.3 Å². The van der Waals surface area contributed by atoms with Crippen LogP contribution < -0.4 is 0 Å². The fraction of sp³-hybridized carbons (Fsp3) is 0.559. The second-order valence-corrected chi connectivity index (χ2v) is 7.89. The summed E-state index contributed by atoms with van der Waals surface area (Å²) in [7, 11) is 2.56. The standard InChI is InChI=1S/C27H37NO3.3C2H6.CH3F/c1-7-10-15-25-26(23-14-11-12-16-24(23)31-25)27(29)22(13-8-2)19-20(4)21(5)30-18-17-28(6)9-3;4*1-2/h11-14,16,19H,5,7-10,15,17-18H2,1-4,6H3;3*1-2H3;1H3/b20-19-,22-13+;;;;. The number of para-hydroxylation sites is 1. The largest absolute Gasteiger partial charge is 0.493 e. The molecule has 4 nitrogen and oxygen atoms in total. The van der Waals surface area contributed by atoms with E-state index in [9.17, 15) is 9.18 Å². The van der Waals surface area contributed by atoms with E-state index in [0.717, 1.165) is 61.1 Å². The number of halogens is 1. The fourth-order valence-corrected chi connectivity index (χ4v) is 3.35. The summed E-state index contributed by atoms with van der Waals surface area (Å²) in [5.74, 6) is 1.37. The van der Waals surface area contributed by atoms with Gasteiger partial charge >= 0.3 is 0 Å². The van der Waals surface area contributed by atoms with E-state index in [0.29, 0.717) is 30.7 Å². The third-order valence-corrected chi connectivity index (χ3v) is 5.44. The van der Waals surface area contributed by atoms with Gasteiger partial charge in [0.25, 0.3) is 0 Å². The summed E-state index contributed by atoms with van der Waals surface area (Å²) in [4.78, 5) is 15.8. The zero-order valence-electron chi connectivity index (χ0n) is 27.2. The number of ketones is 1. The Kier molecular flexibility index (Phi) is 28.2. The molecule has 5 heteroatoms. The van der Waals surface area contributed by atoms with E-state index in [1.54, 1.807) is 0 Å². The lowest BCUT2D eigenvalue weighted by atomic mass is 9.96. The van der Waals surface area contributed by atoms with Crippen LogP contribution in [-0.2, 0) is 11.2 Å². The van der Waals surface area contributed by atoms with E-state index in [1.807, 2.05) is 91.8 Å². The predicted octanol–water partition coefficient (Wildman–Crippen LogP) is 10.4. The number of ether oxygens (including phenoxy) is 1. The van der Waals surface area contributed by atoms with Crippen LogP contribution in [0.2, 0.25) is 0 Å². The maximum atomic E-state index is 13.6. The Morgan fingerprint density at radius 1 is 1.05 bits per heavy atom. The van der Waals surface area contributed by atoms with E-state index in [1.165, 1.54) is 0 Å². The highest BCUT2D eigenvalue weighted by Crippen LogP contribution is 2.30. The summed E-state index contributed by atoms with van der Waals surface area (Å²) in [5, 5.41) is 0.879. The monoisotopic (exact) mass is 547 g/mol. The van der Waals surface area contributed by atoms with Gasteiger partial charge in [-0.3, -0.25) is 9.18 Å². The number of rotatable bonds is 13. The Bertz CT molecular complexity index is 957. The molecule has 0 saturated carbocycles. The Morgan fingerprint density at radius 3 is 2.18 bits per heavy atom. The average molecular weight is 548 g/mol. The van der Waals surface area contributed by atoms with Crippen molar-refractivity contribution >= 4 is 16.8 Å². The first-order valence-corrected chi connectivity index (χ1v) is 14.7. The van der Waals surface area contributed by atoms with Crippen molar-refractivity contribution in [3.05, 3.63) is 71.2 Å². The lowest BCUT2D eigenvalue weighted by Gasteiger charge is -2.16. The molecule has 0 aliphatic carbocycles. The van der Waals surface area contributed by atoms with Crippen molar-refractivity contribution in [3.8, 4) is 0 Å². The summed E-state index contributed by atoms with van der Waals surface area (Å²) in [5.41, 5.74) is 2.96. The number of hydrogen-bond donors (Lipinski definition) is 0. The predicted molar refractivity (Wildman–Crippen MR) is 171 cm³/mol. The van der Waals surface area contributed by atoms with Crippen molar-refractivity contribution in [2.75, 3.05) is 33.9 Å². The molecule has 2 rings (SSSR count). The van der Waals surface area contributed by atoms with Crippen molar-refractivity contribution in [3.63, 3.8) is 0 Å². The van der Waals surface area contributed by atoms with Crippen LogP contribution in [0.4, 0.5) is 4.39 Å². The summed E-state index contributed by atoms with van der Waals surface area (Å²) >= 11 is 0. The zero-order chi connectivity index (χ0) is 30.8. The highest BCUT2D eigenvalue weighted by Gasteiger charge is 2.22. The minimum Gasteiger partial charge on any atom is -0.493 e. The molecule has 0 atom stereocenters. The number of nitrogens with zero attached hydrogens (tertiary/aromatic N) is 1. The molecule has 2 aromatic rings. The first-order valence-electron chi connectivity index (χ1n) is 14.7. The first kappa shape index (κ1) is 40.8. The van der Waals surface area contributed by atoms with Gasteiger partial charge in [-0.1, -0.05) is 99.6 Å². The minimum absolute atomic E-state index is 0.00392. The van der Waals surface area contributed by atoms with Gasteiger partial charge < -0.3 is 14.1 Å². The summed E-state index contributed by atoms with van der Waals surface area (Å²) in [6.07, 6.45) is 7.41. The van der Waals surface area contributed by atoms with Crippen LogP contribution >= 0.6 is 0 Å². The van der Waals surface area contributed by atoms with Gasteiger partial charge in [0.15, 0.2) is 5.78 Å². The summed E-state index contributed by atoms with van der Waals surface area (Å²) < 4.78 is 21.4. The number of likely N-dealkylation sites (N-methyl/N-ethyl adjacent to an activating group) is 1. The minimum atomic E-state index is -0.00392. The van der Waals surface area contributed by atoms with Gasteiger partial charge in [-0.2, -0.15) is 0 Å². The lowest BCUT2D eigenvalue weighted by Crippen LogP contribution is -2.22. The number of unbranched alkanes of at least 4 members (excludes halogenated alkanes) is 1. The second-order valence-electron chi connectivity index (χ2n) is 7.89. The fourth-order valence-electron chi connectivity index (χ4n) is 3.35. The molecule has 1 heterocycles. The second kappa shape index (κ2) is 26.9. The molecule has 0 unspecified atom stereocenters. The summed E-state index contributed by atoms with van der Waals surface area (Å²) in [6.45, 7) is 26.7. The molecule has 1 aromatic heterocycles. The van der Waals surface area contributed by atoms with Gasteiger partial charge in [0.1, 0.15) is 23.7 Å². The molecular weight excluding hydrogens is 489 g/mol. The number of alkyl halides is 1. The molecular formula is C34H58FNO3. The first-order chi connectivity index (χ1) is 18.9. The van der Waals surface area contributed by atoms with Crippen LogP contribution in [0, 0.1) is 0 Å². The van der Waals surface area contributed by atoms with E-state index in [2.05, 4.69) is 32.4 Å². The van der Waals surface area contributed by atoms with Crippen molar-refractivity contribution in [1.29, 1.82) is 0 Å². The third-order valence-electron chi connectivity index (χ3n) is 5.44. The quantitative estimate of drug-likeness (QED) is 0.108. The van der Waals surface area contributed by atoms with Gasteiger partial charge in [0, 0.05) is 23.9 Å². The Morgan fingerprint density at radius 2 is 1.64 bits per heavy atom. The number of carbonyl (C=O) groups is 1. The maximum absolute atomic E-state index is 13.6. The number of furan rings is 1. The average Bonchev–Trinajstić information content (AvgIpc) is 3.37. The van der Waals surface area contributed by atoms with Crippen LogP contribution in [0.25, 0.3) is 11.0 Å². The Hall–Kier alpha value is -2.66. The van der Waals surface area contributed by atoms with Gasteiger partial charge in [0.2, 0.25) is 0 Å². The third kappa shape index (κ3) is 14.9. The van der Waals surface area contributed by atoms with E-state index >= 15 is 0 Å². The van der Waals surface area contributed by atoms with Gasteiger partial charge in [-0.05, 0) is 51.1 Å². The molecule has 0 N–H and O–H groups in total. The number of aryl methyl sites for hydroxylation is 1.